The summed E-state index contributed by atoms with van der Waals surface area (Å²) in [6.45, 7) is 5.70. The van der Waals surface area contributed by atoms with Gasteiger partial charge in [0.05, 0.1) is 13.7 Å². The average molecular weight is 423 g/mol. The third-order valence-corrected chi connectivity index (χ3v) is 4.22. The number of carbonyl (C=O) groups excluding carboxylic acids is 2. The van der Waals surface area contributed by atoms with Gasteiger partial charge in [0.1, 0.15) is 17.4 Å². The summed E-state index contributed by atoms with van der Waals surface area (Å²) in [6.07, 6.45) is 1.37. The van der Waals surface area contributed by atoms with Crippen LogP contribution >= 0.6 is 0 Å². The SMILES string of the molecule is CCOC(=O)/C(C#N)=C/c1ccc(OC(=O)COc2cccc(C(C)C)c2)c(OC)c1. The van der Waals surface area contributed by atoms with E-state index in [0.29, 0.717) is 17.2 Å². The Labute approximate surface area is 181 Å². The van der Waals surface area contributed by atoms with Crippen molar-refractivity contribution in [2.45, 2.75) is 26.7 Å². The van der Waals surface area contributed by atoms with Crippen LogP contribution in [0.3, 0.4) is 0 Å². The fourth-order valence-electron chi connectivity index (χ4n) is 2.63. The molecule has 0 heterocycles. The molecule has 0 spiro atoms. The molecule has 0 unspecified atom stereocenters. The lowest BCUT2D eigenvalue weighted by Gasteiger charge is -2.12. The first kappa shape index (κ1) is 23.5. The molecule has 2 rings (SSSR count). The van der Waals surface area contributed by atoms with E-state index in [-0.39, 0.29) is 30.3 Å². The number of nitrogens with zero attached hydrogens (tertiary/aromatic N) is 1. The Morgan fingerprint density at radius 1 is 1.13 bits per heavy atom. The van der Waals surface area contributed by atoms with Crippen molar-refractivity contribution in [3.05, 3.63) is 59.2 Å². The third-order valence-electron chi connectivity index (χ3n) is 4.22. The molecule has 31 heavy (non-hydrogen) atoms. The van der Waals surface area contributed by atoms with Gasteiger partial charge in [-0.05, 0) is 54.3 Å². The Kier molecular flexibility index (Phi) is 8.64. The van der Waals surface area contributed by atoms with Crippen LogP contribution in [0.4, 0.5) is 0 Å². The summed E-state index contributed by atoms with van der Waals surface area (Å²) in [6, 6.07) is 14.0. The van der Waals surface area contributed by atoms with Crippen LogP contribution in [0, 0.1) is 11.3 Å². The fourth-order valence-corrected chi connectivity index (χ4v) is 2.63. The van der Waals surface area contributed by atoms with E-state index in [9.17, 15) is 9.59 Å². The third kappa shape index (κ3) is 6.89. The molecule has 0 saturated heterocycles. The van der Waals surface area contributed by atoms with Crippen molar-refractivity contribution in [1.82, 2.24) is 0 Å². The first-order valence-electron chi connectivity index (χ1n) is 9.78. The molecule has 0 bridgehead atoms. The first-order valence-corrected chi connectivity index (χ1v) is 9.78. The highest BCUT2D eigenvalue weighted by atomic mass is 16.6. The number of methoxy groups -OCH3 is 1. The van der Waals surface area contributed by atoms with Crippen molar-refractivity contribution in [1.29, 1.82) is 5.26 Å². The average Bonchev–Trinajstić information content (AvgIpc) is 2.77. The number of carbonyl (C=O) groups is 2. The Hall–Kier alpha value is -3.79. The molecule has 0 aromatic heterocycles. The molecule has 0 saturated carbocycles. The van der Waals surface area contributed by atoms with Gasteiger partial charge in [-0.15, -0.1) is 0 Å². The van der Waals surface area contributed by atoms with E-state index in [2.05, 4.69) is 13.8 Å². The number of hydrogen-bond donors (Lipinski definition) is 0. The van der Waals surface area contributed by atoms with Crippen LogP contribution in [0.1, 0.15) is 37.8 Å². The number of esters is 2. The molecule has 0 aliphatic carbocycles. The van der Waals surface area contributed by atoms with E-state index in [4.69, 9.17) is 24.2 Å². The molecule has 2 aromatic rings. The predicted octanol–water partition coefficient (Wildman–Crippen LogP) is 4.27. The molecule has 0 radical (unpaired) electrons. The largest absolute Gasteiger partial charge is 0.493 e. The molecule has 0 N–H and O–H groups in total. The summed E-state index contributed by atoms with van der Waals surface area (Å²) in [5.74, 6) is 0.0825. The molecule has 162 valence electrons. The molecule has 7 nitrogen and oxygen atoms in total. The van der Waals surface area contributed by atoms with Crippen molar-refractivity contribution < 1.29 is 28.5 Å². The van der Waals surface area contributed by atoms with Crippen molar-refractivity contribution in [2.24, 2.45) is 0 Å². The number of ether oxygens (including phenoxy) is 4. The molecule has 7 heteroatoms. The second-order valence-corrected chi connectivity index (χ2v) is 6.79. The smallest absolute Gasteiger partial charge is 0.349 e. The van der Waals surface area contributed by atoms with Crippen LogP contribution in [0.15, 0.2) is 48.0 Å². The highest BCUT2D eigenvalue weighted by Gasteiger charge is 2.14. The second kappa shape index (κ2) is 11.4. The van der Waals surface area contributed by atoms with Crippen LogP contribution in [0.25, 0.3) is 6.08 Å². The minimum absolute atomic E-state index is 0.148. The quantitative estimate of drug-likeness (QED) is 0.257. The standard InChI is InChI=1S/C24H25NO6/c1-5-29-24(27)19(14-25)11-17-9-10-21(22(12-17)28-4)31-23(26)15-30-20-8-6-7-18(13-20)16(2)3/h6-13,16H,5,15H2,1-4H3/b19-11+. The van der Waals surface area contributed by atoms with Gasteiger partial charge in [0.15, 0.2) is 18.1 Å². The van der Waals surface area contributed by atoms with Crippen molar-refractivity contribution in [3.63, 3.8) is 0 Å². The molecule has 0 aliphatic rings. The molecule has 0 fully saturated rings. The van der Waals surface area contributed by atoms with Gasteiger partial charge in [0.2, 0.25) is 0 Å². The topological polar surface area (TPSA) is 94.9 Å². The van der Waals surface area contributed by atoms with Gasteiger partial charge in [-0.1, -0.05) is 32.0 Å². The van der Waals surface area contributed by atoms with Gasteiger partial charge in [0, 0.05) is 0 Å². The van der Waals surface area contributed by atoms with Crippen molar-refractivity contribution in [2.75, 3.05) is 20.3 Å². The van der Waals surface area contributed by atoms with E-state index in [0.717, 1.165) is 5.56 Å². The summed E-state index contributed by atoms with van der Waals surface area (Å²) in [5, 5.41) is 9.15. The highest BCUT2D eigenvalue weighted by Crippen LogP contribution is 2.29. The van der Waals surface area contributed by atoms with Crippen molar-refractivity contribution in [3.8, 4) is 23.3 Å². The first-order chi connectivity index (χ1) is 14.9. The summed E-state index contributed by atoms with van der Waals surface area (Å²) in [4.78, 5) is 24.0. The normalized spacial score (nSPS) is 10.9. The molecular weight excluding hydrogens is 398 g/mol. The van der Waals surface area contributed by atoms with Crippen LogP contribution in [-0.4, -0.2) is 32.3 Å². The molecule has 0 aliphatic heterocycles. The maximum Gasteiger partial charge on any atom is 0.349 e. The minimum atomic E-state index is -0.710. The molecule has 2 aromatic carbocycles. The number of rotatable bonds is 9. The van der Waals surface area contributed by atoms with Crippen LogP contribution in [0.2, 0.25) is 0 Å². The Bertz CT molecular complexity index is 1000. The monoisotopic (exact) mass is 423 g/mol. The van der Waals surface area contributed by atoms with E-state index in [1.165, 1.54) is 19.3 Å². The predicted molar refractivity (Wildman–Crippen MR) is 115 cm³/mol. The fraction of sp³-hybridized carbons (Fsp3) is 0.292. The zero-order chi connectivity index (χ0) is 22.8. The van der Waals surface area contributed by atoms with Crippen LogP contribution in [0.5, 0.6) is 17.2 Å². The summed E-state index contributed by atoms with van der Waals surface area (Å²) in [7, 11) is 1.42. The van der Waals surface area contributed by atoms with Gasteiger partial charge in [-0.25, -0.2) is 9.59 Å². The van der Waals surface area contributed by atoms with Gasteiger partial charge in [-0.2, -0.15) is 5.26 Å². The van der Waals surface area contributed by atoms with Gasteiger partial charge < -0.3 is 18.9 Å². The van der Waals surface area contributed by atoms with E-state index in [1.54, 1.807) is 31.2 Å². The zero-order valence-corrected chi connectivity index (χ0v) is 18.0. The lowest BCUT2D eigenvalue weighted by Crippen LogP contribution is -2.18. The minimum Gasteiger partial charge on any atom is -0.493 e. The second-order valence-electron chi connectivity index (χ2n) is 6.79. The molecular formula is C24H25NO6. The lowest BCUT2D eigenvalue weighted by atomic mass is 10.0. The Balaban J connectivity index is 2.08. The number of nitriles is 1. The van der Waals surface area contributed by atoms with Crippen LogP contribution < -0.4 is 14.2 Å². The zero-order valence-electron chi connectivity index (χ0n) is 18.0. The highest BCUT2D eigenvalue weighted by molar-refractivity contribution is 5.98. The maximum atomic E-state index is 12.2. The van der Waals surface area contributed by atoms with Gasteiger partial charge >= 0.3 is 11.9 Å². The van der Waals surface area contributed by atoms with Gasteiger partial charge in [-0.3, -0.25) is 0 Å². The van der Waals surface area contributed by atoms with Crippen molar-refractivity contribution >= 4 is 18.0 Å². The van der Waals surface area contributed by atoms with E-state index in [1.807, 2.05) is 18.2 Å². The summed E-state index contributed by atoms with van der Waals surface area (Å²) >= 11 is 0. The number of hydrogen-bond acceptors (Lipinski definition) is 7. The van der Waals surface area contributed by atoms with E-state index < -0.39 is 11.9 Å². The Morgan fingerprint density at radius 2 is 1.90 bits per heavy atom. The van der Waals surface area contributed by atoms with E-state index >= 15 is 0 Å². The Morgan fingerprint density at radius 3 is 2.55 bits per heavy atom. The maximum absolute atomic E-state index is 12.2. The van der Waals surface area contributed by atoms with Gasteiger partial charge in [0.25, 0.3) is 0 Å². The number of benzene rings is 2. The lowest BCUT2D eigenvalue weighted by molar-refractivity contribution is -0.138. The summed E-state index contributed by atoms with van der Waals surface area (Å²) < 4.78 is 21.0. The summed E-state index contributed by atoms with van der Waals surface area (Å²) in [5.41, 5.74) is 1.48. The molecule has 0 amide bonds. The molecule has 0 atom stereocenters. The van der Waals surface area contributed by atoms with Crippen LogP contribution in [-0.2, 0) is 14.3 Å².